The Morgan fingerprint density at radius 2 is 1.90 bits per heavy atom. The van der Waals surface area contributed by atoms with Gasteiger partial charge in [-0.3, -0.25) is 4.79 Å². The summed E-state index contributed by atoms with van der Waals surface area (Å²) in [4.78, 5) is 26.8. The van der Waals surface area contributed by atoms with Crippen molar-refractivity contribution in [3.8, 4) is 11.1 Å². The van der Waals surface area contributed by atoms with Crippen LogP contribution in [0.5, 0.6) is 0 Å². The summed E-state index contributed by atoms with van der Waals surface area (Å²) in [6.45, 7) is 7.63. The molecule has 0 bridgehead atoms. The lowest BCUT2D eigenvalue weighted by Gasteiger charge is -2.23. The molecule has 0 aromatic heterocycles. The highest BCUT2D eigenvalue weighted by molar-refractivity contribution is 5.96. The van der Waals surface area contributed by atoms with Gasteiger partial charge >= 0.3 is 5.97 Å². The fourth-order valence-electron chi connectivity index (χ4n) is 3.66. The first-order valence-electron chi connectivity index (χ1n) is 10.3. The normalized spacial score (nSPS) is 13.3. The Morgan fingerprint density at radius 3 is 2.53 bits per heavy atom. The molecule has 0 atom stereocenters. The molecule has 0 spiro atoms. The molecule has 0 radical (unpaired) electrons. The number of hydrogen-bond donors (Lipinski definition) is 1. The summed E-state index contributed by atoms with van der Waals surface area (Å²) in [5.74, 6) is -0.949. The van der Waals surface area contributed by atoms with Crippen LogP contribution in [-0.4, -0.2) is 50.3 Å². The van der Waals surface area contributed by atoms with E-state index in [0.717, 1.165) is 47.6 Å². The van der Waals surface area contributed by atoms with E-state index < -0.39 is 5.97 Å². The van der Waals surface area contributed by atoms with Gasteiger partial charge in [-0.25, -0.2) is 4.79 Å². The predicted molar refractivity (Wildman–Crippen MR) is 120 cm³/mol. The molecule has 0 saturated heterocycles. The second-order valence-corrected chi connectivity index (χ2v) is 7.12. The fraction of sp³-hybridized carbons (Fsp3) is 0.333. The van der Waals surface area contributed by atoms with Crippen LogP contribution in [0.3, 0.4) is 0 Å². The standard InChI is InChI=1S/C24H28N2O4/c1-3-25(13-14-30-4-2)22-8-5-18(6-9-22)19-7-10-23-21(15-19)16-20(24(28)29)11-12-26(23)17-27/h5-10,15-17H,3-4,11-14H2,1-2H3,(H,28,29). The average Bonchev–Trinajstić information content (AvgIpc) is 2.96. The highest BCUT2D eigenvalue weighted by atomic mass is 16.5. The zero-order valence-corrected chi connectivity index (χ0v) is 17.5. The number of carboxylic acids is 1. The minimum atomic E-state index is -0.949. The SMILES string of the molecule is CCOCCN(CC)c1ccc(-c2ccc3c(c2)C=C(C(=O)O)CCN3C=O)cc1. The molecule has 1 aliphatic heterocycles. The van der Waals surface area contributed by atoms with Crippen LogP contribution in [-0.2, 0) is 14.3 Å². The molecule has 0 unspecified atom stereocenters. The minimum absolute atomic E-state index is 0.306. The molecule has 30 heavy (non-hydrogen) atoms. The summed E-state index contributed by atoms with van der Waals surface area (Å²) in [5.41, 5.74) is 4.93. The lowest BCUT2D eigenvalue weighted by molar-refractivity contribution is -0.132. The van der Waals surface area contributed by atoms with Crippen molar-refractivity contribution >= 4 is 29.8 Å². The Balaban J connectivity index is 1.88. The number of amides is 1. The number of aliphatic carboxylic acids is 1. The lowest BCUT2D eigenvalue weighted by atomic mass is 10.00. The summed E-state index contributed by atoms with van der Waals surface area (Å²) in [6, 6.07) is 14.1. The highest BCUT2D eigenvalue weighted by Gasteiger charge is 2.19. The van der Waals surface area contributed by atoms with E-state index in [2.05, 4.69) is 36.1 Å². The number of anilines is 2. The van der Waals surface area contributed by atoms with Gasteiger partial charge in [-0.15, -0.1) is 0 Å². The third kappa shape index (κ3) is 4.89. The Hall–Kier alpha value is -3.12. The zero-order chi connectivity index (χ0) is 21.5. The molecule has 1 N–H and O–H groups in total. The smallest absolute Gasteiger partial charge is 0.331 e. The molecular weight excluding hydrogens is 380 g/mol. The van der Waals surface area contributed by atoms with E-state index in [1.54, 1.807) is 11.0 Å². The number of benzene rings is 2. The van der Waals surface area contributed by atoms with Crippen molar-refractivity contribution in [2.45, 2.75) is 20.3 Å². The van der Waals surface area contributed by atoms with Gasteiger partial charge < -0.3 is 19.6 Å². The molecular formula is C24H28N2O4. The molecule has 158 valence electrons. The second-order valence-electron chi connectivity index (χ2n) is 7.12. The summed E-state index contributed by atoms with van der Waals surface area (Å²) in [6.07, 6.45) is 2.75. The molecule has 2 aromatic carbocycles. The van der Waals surface area contributed by atoms with Gasteiger partial charge in [-0.1, -0.05) is 18.2 Å². The Labute approximate surface area is 177 Å². The third-order valence-corrected chi connectivity index (χ3v) is 5.35. The number of hydrogen-bond acceptors (Lipinski definition) is 4. The quantitative estimate of drug-likeness (QED) is 0.501. The summed E-state index contributed by atoms with van der Waals surface area (Å²) in [5, 5.41) is 9.43. The molecule has 1 aliphatic rings. The number of carbonyl (C=O) groups is 2. The predicted octanol–water partition coefficient (Wildman–Crippen LogP) is 4.05. The summed E-state index contributed by atoms with van der Waals surface area (Å²) in [7, 11) is 0. The monoisotopic (exact) mass is 408 g/mol. The first-order chi connectivity index (χ1) is 14.6. The maximum atomic E-state index is 11.5. The first-order valence-corrected chi connectivity index (χ1v) is 10.3. The van der Waals surface area contributed by atoms with E-state index in [-0.39, 0.29) is 0 Å². The summed E-state index contributed by atoms with van der Waals surface area (Å²) < 4.78 is 5.47. The van der Waals surface area contributed by atoms with E-state index in [9.17, 15) is 14.7 Å². The van der Waals surface area contributed by atoms with Crippen LogP contribution in [0.15, 0.2) is 48.0 Å². The van der Waals surface area contributed by atoms with Crippen LogP contribution in [0.2, 0.25) is 0 Å². The van der Waals surface area contributed by atoms with E-state index >= 15 is 0 Å². The molecule has 6 nitrogen and oxygen atoms in total. The molecule has 1 amide bonds. The number of ether oxygens (including phenoxy) is 1. The number of nitrogens with zero attached hydrogens (tertiary/aromatic N) is 2. The maximum absolute atomic E-state index is 11.5. The topological polar surface area (TPSA) is 70.1 Å². The molecule has 0 saturated carbocycles. The van der Waals surface area contributed by atoms with Crippen molar-refractivity contribution in [1.82, 2.24) is 0 Å². The zero-order valence-electron chi connectivity index (χ0n) is 17.5. The maximum Gasteiger partial charge on any atom is 0.331 e. The largest absolute Gasteiger partial charge is 0.478 e. The highest BCUT2D eigenvalue weighted by Crippen LogP contribution is 2.32. The number of carboxylic acid groups (broad SMARTS) is 1. The van der Waals surface area contributed by atoms with Crippen LogP contribution < -0.4 is 9.80 Å². The molecule has 3 rings (SSSR count). The van der Waals surface area contributed by atoms with Crippen LogP contribution in [0.1, 0.15) is 25.8 Å². The van der Waals surface area contributed by atoms with Gasteiger partial charge in [-0.05, 0) is 67.3 Å². The summed E-state index contributed by atoms with van der Waals surface area (Å²) >= 11 is 0. The molecule has 0 aliphatic carbocycles. The number of carbonyl (C=O) groups excluding carboxylic acids is 1. The number of fused-ring (bicyclic) bond motifs is 1. The average molecular weight is 408 g/mol. The van der Waals surface area contributed by atoms with Gasteiger partial charge in [0.05, 0.1) is 12.3 Å². The lowest BCUT2D eigenvalue weighted by Crippen LogP contribution is -2.27. The van der Waals surface area contributed by atoms with Crippen molar-refractivity contribution in [3.05, 3.63) is 53.6 Å². The fourth-order valence-corrected chi connectivity index (χ4v) is 3.66. The van der Waals surface area contributed by atoms with E-state index in [4.69, 9.17) is 4.74 Å². The van der Waals surface area contributed by atoms with Crippen LogP contribution in [0.25, 0.3) is 17.2 Å². The molecule has 1 heterocycles. The van der Waals surface area contributed by atoms with Crippen molar-refractivity contribution < 1.29 is 19.4 Å². The minimum Gasteiger partial charge on any atom is -0.478 e. The molecule has 2 aromatic rings. The molecule has 6 heteroatoms. The van der Waals surface area contributed by atoms with E-state index in [1.807, 2.05) is 25.1 Å². The van der Waals surface area contributed by atoms with Crippen molar-refractivity contribution in [2.24, 2.45) is 0 Å². The molecule has 0 fully saturated rings. The van der Waals surface area contributed by atoms with Gasteiger partial charge in [0.2, 0.25) is 6.41 Å². The third-order valence-electron chi connectivity index (χ3n) is 5.35. The van der Waals surface area contributed by atoms with Crippen LogP contribution >= 0.6 is 0 Å². The van der Waals surface area contributed by atoms with E-state index in [1.165, 1.54) is 0 Å². The Bertz CT molecular complexity index is 921. The van der Waals surface area contributed by atoms with Gasteiger partial charge in [0.15, 0.2) is 0 Å². The van der Waals surface area contributed by atoms with Gasteiger partial charge in [0.1, 0.15) is 0 Å². The van der Waals surface area contributed by atoms with Crippen molar-refractivity contribution in [2.75, 3.05) is 42.6 Å². The van der Waals surface area contributed by atoms with Crippen LogP contribution in [0.4, 0.5) is 11.4 Å². The first kappa shape index (κ1) is 21.6. The van der Waals surface area contributed by atoms with Crippen molar-refractivity contribution in [1.29, 1.82) is 0 Å². The van der Waals surface area contributed by atoms with E-state index in [0.29, 0.717) is 31.8 Å². The van der Waals surface area contributed by atoms with Crippen molar-refractivity contribution in [3.63, 3.8) is 0 Å². The number of likely N-dealkylation sites (N-methyl/N-ethyl adjacent to an activating group) is 1. The van der Waals surface area contributed by atoms with Gasteiger partial charge in [-0.2, -0.15) is 0 Å². The Kier molecular flexibility index (Phi) is 7.25. The van der Waals surface area contributed by atoms with Crippen LogP contribution in [0, 0.1) is 0 Å². The van der Waals surface area contributed by atoms with Gasteiger partial charge in [0.25, 0.3) is 0 Å². The Morgan fingerprint density at radius 1 is 1.17 bits per heavy atom. The second kappa shape index (κ2) is 10.1. The number of rotatable bonds is 9. The van der Waals surface area contributed by atoms with Gasteiger partial charge in [0, 0.05) is 37.5 Å².